The highest BCUT2D eigenvalue weighted by atomic mass is 79.9. The number of sulfonamides is 1. The summed E-state index contributed by atoms with van der Waals surface area (Å²) in [5.74, 6) is 0.522. The zero-order chi connectivity index (χ0) is 14.2. The van der Waals surface area contributed by atoms with Gasteiger partial charge in [-0.15, -0.1) is 11.3 Å². The Kier molecular flexibility index (Phi) is 4.75. The average molecular weight is 366 g/mol. The summed E-state index contributed by atoms with van der Waals surface area (Å²) in [6.07, 6.45) is 2.92. The van der Waals surface area contributed by atoms with Crippen LogP contribution in [-0.2, 0) is 10.0 Å². The van der Waals surface area contributed by atoms with Crippen molar-refractivity contribution in [3.63, 3.8) is 0 Å². The highest BCUT2D eigenvalue weighted by Gasteiger charge is 2.38. The van der Waals surface area contributed by atoms with Crippen LogP contribution < -0.4 is 0 Å². The number of aryl methyl sites for hydroxylation is 1. The maximum Gasteiger partial charge on any atom is 0.252 e. The van der Waals surface area contributed by atoms with Crippen LogP contribution in [0.2, 0.25) is 0 Å². The van der Waals surface area contributed by atoms with Gasteiger partial charge >= 0.3 is 0 Å². The monoisotopic (exact) mass is 365 g/mol. The van der Waals surface area contributed by atoms with Crippen LogP contribution in [0.15, 0.2) is 14.1 Å². The van der Waals surface area contributed by atoms with Crippen LogP contribution >= 0.6 is 27.3 Å². The Hall–Kier alpha value is 0.0900. The van der Waals surface area contributed by atoms with Crippen molar-refractivity contribution < 1.29 is 8.42 Å². The van der Waals surface area contributed by atoms with Gasteiger partial charge in [-0.2, -0.15) is 4.31 Å². The van der Waals surface area contributed by atoms with Gasteiger partial charge in [0, 0.05) is 12.6 Å². The largest absolute Gasteiger partial charge is 0.252 e. The van der Waals surface area contributed by atoms with E-state index in [1.54, 1.807) is 10.4 Å². The first-order valence-electron chi connectivity index (χ1n) is 6.60. The first kappa shape index (κ1) is 15.5. The lowest BCUT2D eigenvalue weighted by Crippen LogP contribution is -2.34. The summed E-state index contributed by atoms with van der Waals surface area (Å²) in [6, 6.07) is 2.00. The summed E-state index contributed by atoms with van der Waals surface area (Å²) >= 11 is 4.72. The van der Waals surface area contributed by atoms with Crippen molar-refractivity contribution in [1.29, 1.82) is 0 Å². The van der Waals surface area contributed by atoms with Gasteiger partial charge in [-0.25, -0.2) is 8.42 Å². The molecule has 0 radical (unpaired) electrons. The Bertz CT molecular complexity index is 527. The van der Waals surface area contributed by atoms with E-state index in [-0.39, 0.29) is 6.04 Å². The van der Waals surface area contributed by atoms with E-state index in [9.17, 15) is 8.42 Å². The molecule has 1 fully saturated rings. The molecule has 1 aromatic heterocycles. The van der Waals surface area contributed by atoms with Crippen LogP contribution in [0.4, 0.5) is 0 Å². The molecule has 0 atom stereocenters. The second kappa shape index (κ2) is 5.84. The van der Waals surface area contributed by atoms with Gasteiger partial charge in [0.25, 0.3) is 10.0 Å². The van der Waals surface area contributed by atoms with Gasteiger partial charge in [-0.3, -0.25) is 0 Å². The summed E-state index contributed by atoms with van der Waals surface area (Å²) in [7, 11) is -3.31. The lowest BCUT2D eigenvalue weighted by molar-refractivity contribution is 0.374. The molecule has 0 spiro atoms. The molecule has 0 saturated heterocycles. The third-order valence-corrected chi connectivity index (χ3v) is 7.82. The molecule has 0 unspecified atom stereocenters. The van der Waals surface area contributed by atoms with E-state index in [2.05, 4.69) is 29.8 Å². The smallest absolute Gasteiger partial charge is 0.206 e. The molecule has 0 aliphatic heterocycles. The lowest BCUT2D eigenvalue weighted by Gasteiger charge is -2.21. The molecule has 19 heavy (non-hydrogen) atoms. The zero-order valence-corrected chi connectivity index (χ0v) is 14.7. The van der Waals surface area contributed by atoms with E-state index >= 15 is 0 Å². The molecule has 0 bridgehead atoms. The number of halogens is 1. The highest BCUT2D eigenvalue weighted by Crippen LogP contribution is 2.37. The normalized spacial score (nSPS) is 16.5. The van der Waals surface area contributed by atoms with Crippen molar-refractivity contribution in [3.8, 4) is 0 Å². The van der Waals surface area contributed by atoms with Crippen LogP contribution in [-0.4, -0.2) is 25.3 Å². The molecular formula is C13H20BrNO2S2. The summed E-state index contributed by atoms with van der Waals surface area (Å²) < 4.78 is 28.5. The van der Waals surface area contributed by atoms with Crippen LogP contribution in [0.1, 0.15) is 38.7 Å². The highest BCUT2D eigenvalue weighted by molar-refractivity contribution is 9.11. The number of hydrogen-bond donors (Lipinski definition) is 0. The Labute approximate surface area is 128 Å². The van der Waals surface area contributed by atoms with Gasteiger partial charge in [-0.1, -0.05) is 13.8 Å². The van der Waals surface area contributed by atoms with Crippen molar-refractivity contribution in [3.05, 3.63) is 15.4 Å². The van der Waals surface area contributed by atoms with E-state index < -0.39 is 10.0 Å². The lowest BCUT2D eigenvalue weighted by atomic mass is 10.1. The second-order valence-electron chi connectivity index (χ2n) is 5.55. The number of thiophene rings is 1. The summed E-state index contributed by atoms with van der Waals surface area (Å²) in [5.41, 5.74) is 0.989. The molecule has 1 heterocycles. The Balaban J connectivity index is 2.24. The van der Waals surface area contributed by atoms with Crippen molar-refractivity contribution in [2.75, 3.05) is 6.54 Å². The summed E-state index contributed by atoms with van der Waals surface area (Å²) in [5, 5.41) is 0. The molecule has 0 aromatic carbocycles. The van der Waals surface area contributed by atoms with Gasteiger partial charge in [0.2, 0.25) is 0 Å². The molecule has 3 nitrogen and oxygen atoms in total. The number of hydrogen-bond acceptors (Lipinski definition) is 3. The van der Waals surface area contributed by atoms with Gasteiger partial charge in [0.05, 0.1) is 3.79 Å². The predicted molar refractivity (Wildman–Crippen MR) is 83.1 cm³/mol. The molecule has 6 heteroatoms. The number of rotatable bonds is 6. The molecule has 0 N–H and O–H groups in total. The van der Waals surface area contributed by atoms with Crippen LogP contribution in [0, 0.1) is 12.8 Å². The minimum Gasteiger partial charge on any atom is -0.206 e. The third kappa shape index (κ3) is 3.60. The fourth-order valence-electron chi connectivity index (χ4n) is 1.92. The van der Waals surface area contributed by atoms with E-state index in [4.69, 9.17) is 0 Å². The van der Waals surface area contributed by atoms with Gasteiger partial charge in [-0.05, 0) is 59.7 Å². The zero-order valence-electron chi connectivity index (χ0n) is 11.5. The molecule has 108 valence electrons. The molecule has 1 saturated carbocycles. The van der Waals surface area contributed by atoms with Crippen LogP contribution in [0.3, 0.4) is 0 Å². The minimum absolute atomic E-state index is 0.227. The van der Waals surface area contributed by atoms with E-state index in [0.717, 1.165) is 28.6 Å². The van der Waals surface area contributed by atoms with E-state index in [1.165, 1.54) is 11.3 Å². The van der Waals surface area contributed by atoms with Crippen molar-refractivity contribution >= 4 is 37.3 Å². The Morgan fingerprint density at radius 1 is 1.47 bits per heavy atom. The first-order chi connectivity index (χ1) is 8.82. The van der Waals surface area contributed by atoms with Crippen LogP contribution in [0.25, 0.3) is 0 Å². The van der Waals surface area contributed by atoms with Crippen molar-refractivity contribution in [1.82, 2.24) is 4.31 Å². The van der Waals surface area contributed by atoms with E-state index in [0.29, 0.717) is 16.7 Å². The predicted octanol–water partition coefficient (Wildman–Crippen LogP) is 4.02. The fourth-order valence-corrected chi connectivity index (χ4v) is 5.98. The molecule has 1 aliphatic rings. The summed E-state index contributed by atoms with van der Waals surface area (Å²) in [4.78, 5) is 0. The quantitative estimate of drug-likeness (QED) is 0.763. The Morgan fingerprint density at radius 3 is 2.53 bits per heavy atom. The van der Waals surface area contributed by atoms with Crippen molar-refractivity contribution in [2.24, 2.45) is 5.92 Å². The van der Waals surface area contributed by atoms with Crippen molar-refractivity contribution in [2.45, 2.75) is 50.3 Å². The third-order valence-electron chi connectivity index (χ3n) is 3.28. The SMILES string of the molecule is Cc1cc(S(=O)(=O)N(CCC(C)C)C2CC2)sc1Br. The van der Waals surface area contributed by atoms with E-state index in [1.807, 2.05) is 6.92 Å². The molecule has 1 aromatic rings. The molecule has 0 amide bonds. The first-order valence-corrected chi connectivity index (χ1v) is 9.65. The standard InChI is InChI=1S/C13H20BrNO2S2/c1-9(2)6-7-15(11-4-5-11)19(16,17)12-8-10(3)13(14)18-12/h8-9,11H,4-7H2,1-3H3. The maximum absolute atomic E-state index is 12.7. The number of nitrogens with zero attached hydrogens (tertiary/aromatic N) is 1. The van der Waals surface area contributed by atoms with Gasteiger partial charge < -0.3 is 0 Å². The topological polar surface area (TPSA) is 37.4 Å². The second-order valence-corrected chi connectivity index (χ2v) is 10.0. The van der Waals surface area contributed by atoms with Gasteiger partial charge in [0.15, 0.2) is 0 Å². The summed E-state index contributed by atoms with van der Waals surface area (Å²) in [6.45, 7) is 6.82. The molecule has 1 aliphatic carbocycles. The Morgan fingerprint density at radius 2 is 2.11 bits per heavy atom. The molecular weight excluding hydrogens is 346 g/mol. The minimum atomic E-state index is -3.31. The fraction of sp³-hybridized carbons (Fsp3) is 0.692. The van der Waals surface area contributed by atoms with Crippen LogP contribution in [0.5, 0.6) is 0 Å². The van der Waals surface area contributed by atoms with Gasteiger partial charge in [0.1, 0.15) is 4.21 Å². The molecule has 2 rings (SSSR count). The maximum atomic E-state index is 12.7. The average Bonchev–Trinajstić information content (AvgIpc) is 3.06.